The molecule has 0 spiro atoms. The van der Waals surface area contributed by atoms with E-state index in [2.05, 4.69) is 12.2 Å². The Labute approximate surface area is 157 Å². The van der Waals surface area contributed by atoms with Crippen LogP contribution >= 0.6 is 11.8 Å². The number of carbonyl (C=O) groups excluding carboxylic acids is 1. The van der Waals surface area contributed by atoms with E-state index in [1.165, 1.54) is 17.7 Å². The minimum atomic E-state index is -0.951. The Balaban J connectivity index is 1.58. The van der Waals surface area contributed by atoms with Crippen LogP contribution in [0.4, 0.5) is 5.69 Å². The lowest BCUT2D eigenvalue weighted by Crippen LogP contribution is -2.14. The van der Waals surface area contributed by atoms with Crippen molar-refractivity contribution < 1.29 is 19.4 Å². The van der Waals surface area contributed by atoms with Crippen molar-refractivity contribution in [3.63, 3.8) is 0 Å². The van der Waals surface area contributed by atoms with E-state index in [0.717, 1.165) is 24.3 Å². The smallest absolute Gasteiger partial charge is 0.335 e. The monoisotopic (exact) mass is 373 g/mol. The summed E-state index contributed by atoms with van der Waals surface area (Å²) in [7, 11) is 0. The average Bonchev–Trinajstić information content (AvgIpc) is 2.65. The summed E-state index contributed by atoms with van der Waals surface area (Å²) < 4.78 is 5.56. The number of carboxylic acids is 1. The van der Waals surface area contributed by atoms with Crippen molar-refractivity contribution in [2.24, 2.45) is 0 Å². The number of thioether (sulfide) groups is 1. The van der Waals surface area contributed by atoms with Gasteiger partial charge in [0.25, 0.3) is 0 Å². The van der Waals surface area contributed by atoms with Crippen molar-refractivity contribution in [1.29, 1.82) is 0 Å². The maximum absolute atomic E-state index is 11.9. The number of hydrogen-bond donors (Lipinski definition) is 2. The molecule has 6 heteroatoms. The molecule has 0 fully saturated rings. The minimum absolute atomic E-state index is 0.00979. The molecule has 0 radical (unpaired) electrons. The zero-order valence-corrected chi connectivity index (χ0v) is 15.6. The minimum Gasteiger partial charge on any atom is -0.494 e. The second-order valence-corrected chi connectivity index (χ2v) is 6.79. The molecule has 1 amide bonds. The molecule has 0 atom stereocenters. The van der Waals surface area contributed by atoms with E-state index in [9.17, 15) is 9.59 Å². The Morgan fingerprint density at radius 3 is 2.38 bits per heavy atom. The quantitative estimate of drug-likeness (QED) is 0.614. The normalized spacial score (nSPS) is 10.3. The summed E-state index contributed by atoms with van der Waals surface area (Å²) in [6.07, 6.45) is 1.79. The van der Waals surface area contributed by atoms with Crippen molar-refractivity contribution in [3.8, 4) is 5.75 Å². The van der Waals surface area contributed by atoms with Crippen LogP contribution in [0.25, 0.3) is 0 Å². The molecule has 0 aliphatic carbocycles. The van der Waals surface area contributed by atoms with Crippen LogP contribution in [0.15, 0.2) is 48.5 Å². The highest BCUT2D eigenvalue weighted by Crippen LogP contribution is 2.14. The molecule has 0 bridgehead atoms. The van der Waals surface area contributed by atoms with Crippen LogP contribution in [0, 0.1) is 0 Å². The van der Waals surface area contributed by atoms with Crippen LogP contribution in [-0.4, -0.2) is 35.1 Å². The van der Waals surface area contributed by atoms with Gasteiger partial charge >= 0.3 is 5.97 Å². The molecule has 138 valence electrons. The van der Waals surface area contributed by atoms with Gasteiger partial charge in [-0.25, -0.2) is 4.79 Å². The largest absolute Gasteiger partial charge is 0.494 e. The van der Waals surface area contributed by atoms with Gasteiger partial charge in [-0.15, -0.1) is 0 Å². The van der Waals surface area contributed by atoms with E-state index in [4.69, 9.17) is 9.84 Å². The van der Waals surface area contributed by atoms with Gasteiger partial charge in [-0.05, 0) is 60.6 Å². The SMILES string of the molecule is CCc1ccc(NC(=O)CSCCCOc2ccc(C(=O)O)cc2)cc1. The van der Waals surface area contributed by atoms with E-state index in [-0.39, 0.29) is 11.5 Å². The van der Waals surface area contributed by atoms with E-state index in [0.29, 0.717) is 18.1 Å². The zero-order valence-electron chi connectivity index (χ0n) is 14.7. The average molecular weight is 373 g/mol. The summed E-state index contributed by atoms with van der Waals surface area (Å²) in [5, 5.41) is 11.7. The maximum atomic E-state index is 11.9. The molecule has 0 unspecified atom stereocenters. The highest BCUT2D eigenvalue weighted by molar-refractivity contribution is 7.99. The van der Waals surface area contributed by atoms with Gasteiger partial charge in [0.15, 0.2) is 0 Å². The molecule has 2 aromatic carbocycles. The van der Waals surface area contributed by atoms with Crippen molar-refractivity contribution in [3.05, 3.63) is 59.7 Å². The van der Waals surface area contributed by atoms with Crippen LogP contribution in [0.2, 0.25) is 0 Å². The standard InChI is InChI=1S/C20H23NO4S/c1-2-15-4-8-17(9-5-15)21-19(22)14-26-13-3-12-25-18-10-6-16(7-11-18)20(23)24/h4-11H,2-3,12-14H2,1H3,(H,21,22)(H,23,24). The zero-order chi connectivity index (χ0) is 18.8. The van der Waals surface area contributed by atoms with Crippen molar-refractivity contribution in [2.75, 3.05) is 23.4 Å². The van der Waals surface area contributed by atoms with Crippen molar-refractivity contribution in [2.45, 2.75) is 19.8 Å². The van der Waals surface area contributed by atoms with Gasteiger partial charge in [-0.1, -0.05) is 19.1 Å². The Morgan fingerprint density at radius 2 is 1.77 bits per heavy atom. The Morgan fingerprint density at radius 1 is 1.08 bits per heavy atom. The molecular formula is C20H23NO4S. The van der Waals surface area contributed by atoms with Gasteiger partial charge < -0.3 is 15.2 Å². The fraction of sp³-hybridized carbons (Fsp3) is 0.300. The molecule has 0 heterocycles. The fourth-order valence-corrected chi connectivity index (χ4v) is 2.95. The molecule has 0 saturated heterocycles. The van der Waals surface area contributed by atoms with E-state index < -0.39 is 5.97 Å². The molecule has 0 saturated carbocycles. The molecule has 2 rings (SSSR count). The summed E-state index contributed by atoms with van der Waals surface area (Å²) in [5.74, 6) is 0.906. The number of rotatable bonds is 10. The van der Waals surface area contributed by atoms with Crippen LogP contribution in [0.1, 0.15) is 29.3 Å². The third kappa shape index (κ3) is 6.80. The molecular weight excluding hydrogens is 350 g/mol. The summed E-state index contributed by atoms with van der Waals surface area (Å²) in [4.78, 5) is 22.7. The van der Waals surface area contributed by atoms with Crippen molar-refractivity contribution >= 4 is 29.3 Å². The highest BCUT2D eigenvalue weighted by Gasteiger charge is 2.04. The molecule has 0 aromatic heterocycles. The maximum Gasteiger partial charge on any atom is 0.335 e. The number of carbonyl (C=O) groups is 2. The molecule has 2 N–H and O–H groups in total. The molecule has 2 aromatic rings. The first-order chi connectivity index (χ1) is 12.6. The number of anilines is 1. The number of carboxylic acid groups (broad SMARTS) is 1. The topological polar surface area (TPSA) is 75.6 Å². The fourth-order valence-electron chi connectivity index (χ4n) is 2.23. The lowest BCUT2D eigenvalue weighted by molar-refractivity contribution is -0.113. The summed E-state index contributed by atoms with van der Waals surface area (Å²) in [6.45, 7) is 2.62. The van der Waals surface area contributed by atoms with Gasteiger partial charge in [0.1, 0.15) is 5.75 Å². The Hall–Kier alpha value is -2.47. The molecule has 0 aliphatic heterocycles. The van der Waals surface area contributed by atoms with E-state index >= 15 is 0 Å². The van der Waals surface area contributed by atoms with Gasteiger partial charge in [-0.3, -0.25) is 4.79 Å². The first-order valence-electron chi connectivity index (χ1n) is 8.51. The van der Waals surface area contributed by atoms with Crippen molar-refractivity contribution in [1.82, 2.24) is 0 Å². The first kappa shape index (κ1) is 19.8. The summed E-state index contributed by atoms with van der Waals surface area (Å²) in [5.41, 5.74) is 2.30. The predicted octanol–water partition coefficient (Wildman–Crippen LogP) is 4.09. The number of aryl methyl sites for hydroxylation is 1. The van der Waals surface area contributed by atoms with Crippen LogP contribution in [0.3, 0.4) is 0 Å². The first-order valence-corrected chi connectivity index (χ1v) is 9.66. The van der Waals surface area contributed by atoms with E-state index in [1.807, 2.05) is 24.3 Å². The second kappa shape index (κ2) is 10.5. The van der Waals surface area contributed by atoms with E-state index in [1.54, 1.807) is 23.9 Å². The second-order valence-electron chi connectivity index (χ2n) is 5.68. The third-order valence-corrected chi connectivity index (χ3v) is 4.73. The lowest BCUT2D eigenvalue weighted by atomic mass is 10.1. The third-order valence-electron chi connectivity index (χ3n) is 3.68. The number of ether oxygens (including phenoxy) is 1. The number of aromatic carboxylic acids is 1. The van der Waals surface area contributed by atoms with Gasteiger partial charge in [-0.2, -0.15) is 11.8 Å². The number of amides is 1. The Kier molecular flexibility index (Phi) is 8.02. The van der Waals surface area contributed by atoms with Crippen LogP contribution in [0.5, 0.6) is 5.75 Å². The summed E-state index contributed by atoms with van der Waals surface area (Å²) >= 11 is 1.56. The highest BCUT2D eigenvalue weighted by atomic mass is 32.2. The van der Waals surface area contributed by atoms with Gasteiger partial charge in [0, 0.05) is 5.69 Å². The number of nitrogens with one attached hydrogen (secondary N) is 1. The van der Waals surface area contributed by atoms with Gasteiger partial charge in [0.05, 0.1) is 17.9 Å². The Bertz CT molecular complexity index is 714. The molecule has 5 nitrogen and oxygen atoms in total. The molecule has 26 heavy (non-hydrogen) atoms. The summed E-state index contributed by atoms with van der Waals surface area (Å²) in [6, 6.07) is 14.2. The number of hydrogen-bond acceptors (Lipinski definition) is 4. The van der Waals surface area contributed by atoms with Crippen LogP contribution < -0.4 is 10.1 Å². The van der Waals surface area contributed by atoms with Crippen LogP contribution in [-0.2, 0) is 11.2 Å². The lowest BCUT2D eigenvalue weighted by Gasteiger charge is -2.07. The predicted molar refractivity (Wildman–Crippen MR) is 105 cm³/mol. The van der Waals surface area contributed by atoms with Gasteiger partial charge in [0.2, 0.25) is 5.91 Å². The number of benzene rings is 2. The molecule has 0 aliphatic rings.